The number of nitrogens with zero attached hydrogens (tertiary/aromatic N) is 2. The molecule has 0 radical (unpaired) electrons. The van der Waals surface area contributed by atoms with Crippen molar-refractivity contribution in [3.63, 3.8) is 0 Å². The largest absolute Gasteiger partial charge is 0.334 e. The normalized spacial score (nSPS) is 19.0. The Morgan fingerprint density at radius 2 is 1.81 bits per heavy atom. The van der Waals surface area contributed by atoms with Crippen molar-refractivity contribution in [3.8, 4) is 0 Å². The van der Waals surface area contributed by atoms with Gasteiger partial charge in [-0.3, -0.25) is 19.3 Å². The molecule has 0 bridgehead atoms. The van der Waals surface area contributed by atoms with Gasteiger partial charge in [0.2, 0.25) is 5.91 Å². The summed E-state index contributed by atoms with van der Waals surface area (Å²) in [7, 11) is 0. The minimum absolute atomic E-state index is 0.0726. The number of rotatable bonds is 2. The van der Waals surface area contributed by atoms with Crippen LogP contribution in [0.1, 0.15) is 44.1 Å². The molecule has 1 atom stereocenters. The Morgan fingerprint density at radius 3 is 2.42 bits per heavy atom. The minimum atomic E-state index is -0.516. The van der Waals surface area contributed by atoms with Gasteiger partial charge in [0.05, 0.1) is 27.2 Å². The molecule has 1 aromatic carbocycles. The highest BCUT2D eigenvalue weighted by Gasteiger charge is 2.39. The Balaban J connectivity index is 1.56. The van der Waals surface area contributed by atoms with Crippen LogP contribution in [-0.4, -0.2) is 40.6 Å². The molecule has 2 aromatic rings. The second kappa shape index (κ2) is 6.37. The standard InChI is InChI=1S/C18H14Cl2N2O3S/c1-9-10-3-5-26-15(10)2-4-21(9)16(23)8-22-17(24)11-6-13(19)14(20)7-12(11)18(22)25/h3,5-7,9H,2,4,8H2,1H3/t9-/m0/s1. The zero-order valence-electron chi connectivity index (χ0n) is 13.8. The number of imide groups is 1. The van der Waals surface area contributed by atoms with E-state index in [9.17, 15) is 14.4 Å². The van der Waals surface area contributed by atoms with Crippen molar-refractivity contribution in [2.75, 3.05) is 13.1 Å². The van der Waals surface area contributed by atoms with Gasteiger partial charge in [-0.1, -0.05) is 23.2 Å². The van der Waals surface area contributed by atoms with E-state index in [1.165, 1.54) is 17.0 Å². The molecule has 5 nitrogen and oxygen atoms in total. The molecule has 0 saturated carbocycles. The van der Waals surface area contributed by atoms with Crippen molar-refractivity contribution in [3.05, 3.63) is 55.2 Å². The van der Waals surface area contributed by atoms with Crippen LogP contribution < -0.4 is 0 Å². The number of carbonyl (C=O) groups excluding carboxylic acids is 3. The van der Waals surface area contributed by atoms with Crippen molar-refractivity contribution in [2.24, 2.45) is 0 Å². The smallest absolute Gasteiger partial charge is 0.262 e. The molecule has 3 heterocycles. The van der Waals surface area contributed by atoms with Gasteiger partial charge in [0.1, 0.15) is 6.54 Å². The second-order valence-corrected chi connectivity index (χ2v) is 8.14. The Morgan fingerprint density at radius 1 is 1.19 bits per heavy atom. The Hall–Kier alpha value is -1.89. The molecule has 0 saturated heterocycles. The fraction of sp³-hybridized carbons (Fsp3) is 0.278. The molecule has 2 aliphatic rings. The highest BCUT2D eigenvalue weighted by Crippen LogP contribution is 2.34. The molecule has 8 heteroatoms. The Kier molecular flexibility index (Phi) is 4.29. The first kappa shape index (κ1) is 17.5. The van der Waals surface area contributed by atoms with E-state index in [1.807, 2.05) is 18.4 Å². The van der Waals surface area contributed by atoms with Gasteiger partial charge in [0, 0.05) is 11.4 Å². The van der Waals surface area contributed by atoms with Crippen LogP contribution in [0.5, 0.6) is 0 Å². The van der Waals surface area contributed by atoms with Crippen molar-refractivity contribution in [1.82, 2.24) is 9.80 Å². The third kappa shape index (κ3) is 2.64. The summed E-state index contributed by atoms with van der Waals surface area (Å²) in [6.07, 6.45) is 0.788. The van der Waals surface area contributed by atoms with Crippen molar-refractivity contribution < 1.29 is 14.4 Å². The van der Waals surface area contributed by atoms with Crippen LogP contribution >= 0.6 is 34.5 Å². The lowest BCUT2D eigenvalue weighted by atomic mass is 10.0. The predicted octanol–water partition coefficient (Wildman–Crippen LogP) is 3.80. The van der Waals surface area contributed by atoms with E-state index in [4.69, 9.17) is 23.2 Å². The Labute approximate surface area is 164 Å². The van der Waals surface area contributed by atoms with E-state index < -0.39 is 11.8 Å². The molecular weight excluding hydrogens is 395 g/mol. The maximum absolute atomic E-state index is 12.8. The summed E-state index contributed by atoms with van der Waals surface area (Å²) in [4.78, 5) is 41.9. The van der Waals surface area contributed by atoms with E-state index in [2.05, 4.69) is 0 Å². The molecule has 3 amide bonds. The van der Waals surface area contributed by atoms with E-state index in [-0.39, 0.29) is 39.7 Å². The highest BCUT2D eigenvalue weighted by molar-refractivity contribution is 7.10. The van der Waals surface area contributed by atoms with E-state index in [1.54, 1.807) is 16.2 Å². The third-order valence-corrected chi connectivity index (χ3v) is 6.62. The molecule has 0 spiro atoms. The quantitative estimate of drug-likeness (QED) is 0.710. The lowest BCUT2D eigenvalue weighted by molar-refractivity contribution is -0.134. The maximum Gasteiger partial charge on any atom is 0.262 e. The molecule has 0 aliphatic carbocycles. The lowest BCUT2D eigenvalue weighted by Gasteiger charge is -2.34. The van der Waals surface area contributed by atoms with E-state index >= 15 is 0 Å². The lowest BCUT2D eigenvalue weighted by Crippen LogP contribution is -2.45. The fourth-order valence-electron chi connectivity index (χ4n) is 3.50. The second-order valence-electron chi connectivity index (χ2n) is 6.32. The summed E-state index contributed by atoms with van der Waals surface area (Å²) in [6, 6.07) is 4.71. The van der Waals surface area contributed by atoms with Gasteiger partial charge in [-0.05, 0) is 42.5 Å². The first-order valence-corrected chi connectivity index (χ1v) is 9.73. The average Bonchev–Trinajstić information content (AvgIpc) is 3.17. The highest BCUT2D eigenvalue weighted by atomic mass is 35.5. The van der Waals surface area contributed by atoms with Crippen molar-refractivity contribution in [2.45, 2.75) is 19.4 Å². The molecule has 2 aliphatic heterocycles. The molecule has 0 unspecified atom stereocenters. The molecule has 1 aromatic heterocycles. The molecule has 134 valence electrons. The summed E-state index contributed by atoms with van der Waals surface area (Å²) < 4.78 is 0. The van der Waals surface area contributed by atoms with Crippen LogP contribution in [0.4, 0.5) is 0 Å². The van der Waals surface area contributed by atoms with Gasteiger partial charge in [-0.15, -0.1) is 11.3 Å². The van der Waals surface area contributed by atoms with Gasteiger partial charge in [-0.25, -0.2) is 0 Å². The zero-order valence-corrected chi connectivity index (χ0v) is 16.1. The summed E-state index contributed by atoms with van der Waals surface area (Å²) in [6.45, 7) is 2.25. The van der Waals surface area contributed by atoms with Gasteiger partial charge < -0.3 is 4.90 Å². The number of hydrogen-bond donors (Lipinski definition) is 0. The van der Waals surface area contributed by atoms with Gasteiger partial charge in [-0.2, -0.15) is 0 Å². The third-order valence-electron chi connectivity index (χ3n) is 4.90. The number of hydrogen-bond acceptors (Lipinski definition) is 4. The summed E-state index contributed by atoms with van der Waals surface area (Å²) in [5, 5.41) is 2.43. The Bertz CT molecular complexity index is 915. The van der Waals surface area contributed by atoms with Crippen LogP contribution in [0.15, 0.2) is 23.6 Å². The monoisotopic (exact) mass is 408 g/mol. The maximum atomic E-state index is 12.8. The molecule has 0 N–H and O–H groups in total. The van der Waals surface area contributed by atoms with Crippen molar-refractivity contribution >= 4 is 52.3 Å². The molecule has 0 fully saturated rings. The number of benzene rings is 1. The topological polar surface area (TPSA) is 57.7 Å². The van der Waals surface area contributed by atoms with Gasteiger partial charge in [0.15, 0.2) is 0 Å². The SMILES string of the molecule is C[C@H]1c2ccsc2CCN1C(=O)CN1C(=O)c2cc(Cl)c(Cl)cc2C1=O. The van der Waals surface area contributed by atoms with Crippen LogP contribution in [0, 0.1) is 0 Å². The first-order valence-electron chi connectivity index (χ1n) is 8.09. The average molecular weight is 409 g/mol. The number of fused-ring (bicyclic) bond motifs is 2. The number of halogens is 2. The van der Waals surface area contributed by atoms with E-state index in [0.29, 0.717) is 6.54 Å². The zero-order chi connectivity index (χ0) is 18.6. The number of amides is 3. The summed E-state index contributed by atoms with van der Waals surface area (Å²) >= 11 is 13.6. The van der Waals surface area contributed by atoms with Crippen LogP contribution in [0.3, 0.4) is 0 Å². The first-order chi connectivity index (χ1) is 12.4. The molecular formula is C18H14Cl2N2O3S. The number of carbonyl (C=O) groups is 3. The van der Waals surface area contributed by atoms with Crippen LogP contribution in [0.2, 0.25) is 10.0 Å². The minimum Gasteiger partial charge on any atom is -0.334 e. The predicted molar refractivity (Wildman–Crippen MR) is 100.0 cm³/mol. The summed E-state index contributed by atoms with van der Waals surface area (Å²) in [5.41, 5.74) is 1.50. The fourth-order valence-corrected chi connectivity index (χ4v) is 4.79. The number of thiophene rings is 1. The molecule has 4 rings (SSSR count). The van der Waals surface area contributed by atoms with Crippen LogP contribution in [0.25, 0.3) is 0 Å². The molecule has 26 heavy (non-hydrogen) atoms. The summed E-state index contributed by atoms with van der Waals surface area (Å²) in [5.74, 6) is -1.28. The van der Waals surface area contributed by atoms with Crippen LogP contribution in [-0.2, 0) is 11.2 Å². The van der Waals surface area contributed by atoms with Gasteiger partial charge >= 0.3 is 0 Å². The van der Waals surface area contributed by atoms with E-state index in [0.717, 1.165) is 16.9 Å². The van der Waals surface area contributed by atoms with Crippen molar-refractivity contribution in [1.29, 1.82) is 0 Å². The van der Waals surface area contributed by atoms with Gasteiger partial charge in [0.25, 0.3) is 11.8 Å².